The van der Waals surface area contributed by atoms with E-state index in [-0.39, 0.29) is 0 Å². The summed E-state index contributed by atoms with van der Waals surface area (Å²) < 4.78 is 5.27. The fraction of sp³-hybridized carbons (Fsp3) is 0.538. The molecule has 1 atom stereocenters. The van der Waals surface area contributed by atoms with Gasteiger partial charge in [0, 0.05) is 17.6 Å². The SMILES string of the molecule is COc1ccc(-c2c(Cl)cc(CC3CCCCCN3C3CCCCC3)cc2Cl)cc1. The van der Waals surface area contributed by atoms with Gasteiger partial charge < -0.3 is 4.74 Å². The Bertz CT molecular complexity index is 806. The first-order chi connectivity index (χ1) is 14.7. The van der Waals surface area contributed by atoms with Crippen molar-refractivity contribution >= 4 is 23.2 Å². The van der Waals surface area contributed by atoms with Crippen molar-refractivity contribution in [3.05, 3.63) is 52.0 Å². The molecule has 0 bridgehead atoms. The lowest BCUT2D eigenvalue weighted by Gasteiger charge is -2.39. The highest BCUT2D eigenvalue weighted by atomic mass is 35.5. The molecule has 0 spiro atoms. The fourth-order valence-electron chi connectivity index (χ4n) is 5.36. The van der Waals surface area contributed by atoms with Crippen LogP contribution in [0.3, 0.4) is 0 Å². The van der Waals surface area contributed by atoms with Crippen LogP contribution in [0, 0.1) is 0 Å². The van der Waals surface area contributed by atoms with Gasteiger partial charge in [-0.05, 0) is 74.0 Å². The minimum Gasteiger partial charge on any atom is -0.497 e. The Morgan fingerprint density at radius 1 is 0.867 bits per heavy atom. The third kappa shape index (κ3) is 5.15. The molecule has 30 heavy (non-hydrogen) atoms. The van der Waals surface area contributed by atoms with Gasteiger partial charge in [-0.15, -0.1) is 0 Å². The Kier molecular flexibility index (Phi) is 7.62. The molecule has 2 aromatic carbocycles. The predicted molar refractivity (Wildman–Crippen MR) is 128 cm³/mol. The zero-order valence-electron chi connectivity index (χ0n) is 18.0. The molecule has 2 nitrogen and oxygen atoms in total. The molecule has 2 fully saturated rings. The van der Waals surface area contributed by atoms with Gasteiger partial charge in [0.25, 0.3) is 0 Å². The summed E-state index contributed by atoms with van der Waals surface area (Å²) in [6.45, 7) is 1.25. The molecule has 4 rings (SSSR count). The summed E-state index contributed by atoms with van der Waals surface area (Å²) >= 11 is 13.5. The maximum absolute atomic E-state index is 6.75. The Morgan fingerprint density at radius 3 is 2.17 bits per heavy atom. The number of hydrogen-bond donors (Lipinski definition) is 0. The summed E-state index contributed by atoms with van der Waals surface area (Å²) in [5, 5.41) is 1.47. The third-order valence-electron chi connectivity index (χ3n) is 6.92. The van der Waals surface area contributed by atoms with Crippen LogP contribution in [-0.4, -0.2) is 30.6 Å². The second-order valence-corrected chi connectivity index (χ2v) is 9.71. The van der Waals surface area contributed by atoms with Gasteiger partial charge in [0.2, 0.25) is 0 Å². The second-order valence-electron chi connectivity index (χ2n) is 8.90. The molecule has 1 aliphatic carbocycles. The first-order valence-corrected chi connectivity index (χ1v) is 12.3. The highest BCUT2D eigenvalue weighted by molar-refractivity contribution is 6.39. The van der Waals surface area contributed by atoms with Crippen LogP contribution in [-0.2, 0) is 6.42 Å². The summed E-state index contributed by atoms with van der Waals surface area (Å²) in [6, 6.07) is 13.6. The summed E-state index contributed by atoms with van der Waals surface area (Å²) in [5.41, 5.74) is 3.19. The van der Waals surface area contributed by atoms with Crippen molar-refractivity contribution < 1.29 is 4.74 Å². The summed E-state index contributed by atoms with van der Waals surface area (Å²) in [5.74, 6) is 0.832. The van der Waals surface area contributed by atoms with E-state index < -0.39 is 0 Å². The van der Waals surface area contributed by atoms with Crippen LogP contribution >= 0.6 is 23.2 Å². The van der Waals surface area contributed by atoms with Crippen LogP contribution in [0.15, 0.2) is 36.4 Å². The number of likely N-dealkylation sites (tertiary alicyclic amines) is 1. The van der Waals surface area contributed by atoms with E-state index >= 15 is 0 Å². The van der Waals surface area contributed by atoms with Gasteiger partial charge in [-0.1, -0.05) is 67.4 Å². The average Bonchev–Trinajstić information content (AvgIpc) is 3.00. The largest absolute Gasteiger partial charge is 0.497 e. The molecule has 0 aromatic heterocycles. The lowest BCUT2D eigenvalue weighted by atomic mass is 9.91. The van der Waals surface area contributed by atoms with Crippen LogP contribution in [0.25, 0.3) is 11.1 Å². The summed E-state index contributed by atoms with van der Waals surface area (Å²) in [4.78, 5) is 2.84. The van der Waals surface area contributed by atoms with Gasteiger partial charge in [0.1, 0.15) is 5.75 Å². The van der Waals surface area contributed by atoms with Crippen molar-refractivity contribution in [2.45, 2.75) is 76.3 Å². The van der Waals surface area contributed by atoms with Crippen LogP contribution in [0.4, 0.5) is 0 Å². The molecule has 1 saturated carbocycles. The van der Waals surface area contributed by atoms with E-state index in [1.165, 1.54) is 69.9 Å². The minimum atomic E-state index is 0.606. The summed E-state index contributed by atoms with van der Waals surface area (Å²) in [7, 11) is 1.67. The van der Waals surface area contributed by atoms with E-state index in [0.717, 1.165) is 39.4 Å². The van der Waals surface area contributed by atoms with Crippen LogP contribution in [0.2, 0.25) is 10.0 Å². The van der Waals surface area contributed by atoms with E-state index in [0.29, 0.717) is 6.04 Å². The van der Waals surface area contributed by atoms with Crippen molar-refractivity contribution in [2.24, 2.45) is 0 Å². The molecule has 1 unspecified atom stereocenters. The Labute approximate surface area is 191 Å². The molecule has 0 amide bonds. The molecular weight excluding hydrogens is 413 g/mol. The zero-order valence-corrected chi connectivity index (χ0v) is 19.5. The van der Waals surface area contributed by atoms with Gasteiger partial charge in [0.05, 0.1) is 17.2 Å². The minimum absolute atomic E-state index is 0.606. The van der Waals surface area contributed by atoms with Gasteiger partial charge >= 0.3 is 0 Å². The van der Waals surface area contributed by atoms with Gasteiger partial charge in [-0.25, -0.2) is 0 Å². The normalized spacial score (nSPS) is 21.4. The van der Waals surface area contributed by atoms with E-state index in [2.05, 4.69) is 17.0 Å². The molecule has 1 heterocycles. The first kappa shape index (κ1) is 22.0. The number of methoxy groups -OCH3 is 1. The molecule has 1 aliphatic heterocycles. The molecule has 4 heteroatoms. The smallest absolute Gasteiger partial charge is 0.118 e. The molecular formula is C26H33Cl2NO. The van der Waals surface area contributed by atoms with Crippen molar-refractivity contribution in [1.82, 2.24) is 4.90 Å². The standard InChI is InChI=1S/C26H33Cl2NO/c1-30-23-13-11-20(12-14-23)26-24(27)17-19(18-25(26)28)16-22-10-6-3-7-15-29(22)21-8-4-2-5-9-21/h11-14,17-18,21-22H,2-10,15-16H2,1H3. The van der Waals surface area contributed by atoms with E-state index in [9.17, 15) is 0 Å². The fourth-order valence-corrected chi connectivity index (χ4v) is 6.11. The zero-order chi connectivity index (χ0) is 20.9. The Hall–Kier alpha value is -1.22. The molecule has 0 radical (unpaired) electrons. The highest BCUT2D eigenvalue weighted by Crippen LogP contribution is 2.38. The molecule has 1 saturated heterocycles. The number of benzene rings is 2. The third-order valence-corrected chi connectivity index (χ3v) is 7.51. The first-order valence-electron chi connectivity index (χ1n) is 11.5. The second kappa shape index (κ2) is 10.4. The van der Waals surface area contributed by atoms with E-state index in [1.54, 1.807) is 7.11 Å². The lowest BCUT2D eigenvalue weighted by Crippen LogP contribution is -2.45. The average molecular weight is 446 g/mol. The Balaban J connectivity index is 1.55. The van der Waals surface area contributed by atoms with Gasteiger partial charge in [-0.3, -0.25) is 4.90 Å². The molecule has 162 valence electrons. The van der Waals surface area contributed by atoms with Crippen LogP contribution in [0.5, 0.6) is 5.75 Å². The number of nitrogens with zero attached hydrogens (tertiary/aromatic N) is 1. The number of halogens is 2. The Morgan fingerprint density at radius 2 is 1.50 bits per heavy atom. The van der Waals surface area contributed by atoms with Crippen LogP contribution < -0.4 is 4.74 Å². The number of hydrogen-bond acceptors (Lipinski definition) is 2. The van der Waals surface area contributed by atoms with Gasteiger partial charge in [0.15, 0.2) is 0 Å². The van der Waals surface area contributed by atoms with Gasteiger partial charge in [-0.2, -0.15) is 0 Å². The van der Waals surface area contributed by atoms with E-state index in [1.807, 2.05) is 24.3 Å². The molecule has 2 aliphatic rings. The van der Waals surface area contributed by atoms with E-state index in [4.69, 9.17) is 27.9 Å². The molecule has 2 aromatic rings. The van der Waals surface area contributed by atoms with Crippen molar-refractivity contribution in [3.63, 3.8) is 0 Å². The predicted octanol–water partition coefficient (Wildman–Crippen LogP) is 7.79. The number of ether oxygens (including phenoxy) is 1. The van der Waals surface area contributed by atoms with Crippen LogP contribution in [0.1, 0.15) is 63.4 Å². The van der Waals surface area contributed by atoms with Crippen molar-refractivity contribution in [2.75, 3.05) is 13.7 Å². The topological polar surface area (TPSA) is 12.5 Å². The van der Waals surface area contributed by atoms with Crippen molar-refractivity contribution in [1.29, 1.82) is 0 Å². The maximum Gasteiger partial charge on any atom is 0.118 e. The maximum atomic E-state index is 6.75. The molecule has 0 N–H and O–H groups in total. The number of rotatable bonds is 5. The van der Waals surface area contributed by atoms with Crippen molar-refractivity contribution in [3.8, 4) is 16.9 Å². The quantitative estimate of drug-likeness (QED) is 0.465. The monoisotopic (exact) mass is 445 g/mol. The lowest BCUT2D eigenvalue weighted by molar-refractivity contribution is 0.106. The highest BCUT2D eigenvalue weighted by Gasteiger charge is 2.29. The summed E-state index contributed by atoms with van der Waals surface area (Å²) in [6.07, 6.45) is 13.3.